The van der Waals surface area contributed by atoms with Crippen molar-refractivity contribution in [2.45, 2.75) is 57.7 Å². The van der Waals surface area contributed by atoms with Crippen LogP contribution in [0.15, 0.2) is 54.6 Å². The molecule has 2 amide bonds. The molecule has 0 aromatic heterocycles. The lowest BCUT2D eigenvalue weighted by Crippen LogP contribution is -2.53. The lowest BCUT2D eigenvalue weighted by atomic mass is 9.95. The summed E-state index contributed by atoms with van der Waals surface area (Å²) in [4.78, 5) is 28.2. The molecule has 0 radical (unpaired) electrons. The molecule has 10 heteroatoms. The van der Waals surface area contributed by atoms with Crippen LogP contribution in [-0.2, 0) is 26.3 Å². The number of nitrogens with one attached hydrogen (secondary N) is 1. The smallest absolute Gasteiger partial charge is 0.304 e. The Morgan fingerprint density at radius 2 is 1.61 bits per heavy atom. The van der Waals surface area contributed by atoms with Crippen molar-refractivity contribution in [2.75, 3.05) is 24.9 Å². The molecule has 2 aromatic carbocycles. The highest BCUT2D eigenvalue weighted by Crippen LogP contribution is 2.21. The number of hydrogen-bond acceptors (Lipinski definition) is 4. The Morgan fingerprint density at radius 1 is 1.00 bits per heavy atom. The monoisotopic (exact) mass is 518 g/mol. The van der Waals surface area contributed by atoms with Crippen molar-refractivity contribution < 1.29 is 22.4 Å². The molecule has 1 aliphatic rings. The van der Waals surface area contributed by atoms with E-state index in [1.54, 1.807) is 49.4 Å². The molecule has 0 spiro atoms. The third-order valence-corrected chi connectivity index (χ3v) is 8.27. The molecule has 1 saturated carbocycles. The zero-order chi connectivity index (χ0) is 26.3. The third kappa shape index (κ3) is 7.04. The van der Waals surface area contributed by atoms with Crippen molar-refractivity contribution in [3.05, 3.63) is 66.0 Å². The molecule has 1 atom stereocenters. The van der Waals surface area contributed by atoms with Gasteiger partial charge in [0, 0.05) is 26.7 Å². The fraction of sp³-hybridized carbons (Fsp3) is 0.462. The Balaban J connectivity index is 1.88. The first kappa shape index (κ1) is 27.6. The molecule has 0 aliphatic heterocycles. The number of rotatable bonds is 10. The highest BCUT2D eigenvalue weighted by molar-refractivity contribution is 7.90. The maximum atomic E-state index is 13.7. The quantitative estimate of drug-likeness (QED) is 0.523. The first-order valence-corrected chi connectivity index (χ1v) is 13.6. The van der Waals surface area contributed by atoms with Crippen LogP contribution in [0.5, 0.6) is 0 Å². The number of anilines is 1. The van der Waals surface area contributed by atoms with Gasteiger partial charge in [0.25, 0.3) is 0 Å². The van der Waals surface area contributed by atoms with E-state index in [-0.39, 0.29) is 18.5 Å². The Bertz CT molecular complexity index is 1120. The third-order valence-electron chi connectivity index (χ3n) is 6.45. The van der Waals surface area contributed by atoms with E-state index in [2.05, 4.69) is 5.32 Å². The van der Waals surface area contributed by atoms with Crippen molar-refractivity contribution in [1.29, 1.82) is 0 Å². The molecule has 196 valence electrons. The molecule has 36 heavy (non-hydrogen) atoms. The van der Waals surface area contributed by atoms with E-state index in [1.165, 1.54) is 31.1 Å². The molecule has 0 saturated heterocycles. The van der Waals surface area contributed by atoms with Gasteiger partial charge < -0.3 is 10.2 Å². The van der Waals surface area contributed by atoms with Crippen LogP contribution in [0, 0.1) is 5.82 Å². The number of benzene rings is 2. The van der Waals surface area contributed by atoms with Gasteiger partial charge in [-0.3, -0.25) is 9.59 Å². The molecule has 8 nitrogen and oxygen atoms in total. The topological polar surface area (TPSA) is 90.0 Å². The van der Waals surface area contributed by atoms with E-state index in [9.17, 15) is 22.4 Å². The normalized spacial score (nSPS) is 15.4. The molecular weight excluding hydrogens is 483 g/mol. The number of carbonyl (C=O) groups is 2. The Morgan fingerprint density at radius 3 is 2.19 bits per heavy atom. The van der Waals surface area contributed by atoms with Crippen molar-refractivity contribution in [3.63, 3.8) is 0 Å². The van der Waals surface area contributed by atoms with Gasteiger partial charge in [-0.2, -0.15) is 12.7 Å². The lowest BCUT2D eigenvalue weighted by Gasteiger charge is -2.33. The van der Waals surface area contributed by atoms with Gasteiger partial charge in [-0.1, -0.05) is 49.6 Å². The minimum atomic E-state index is -4.00. The summed E-state index contributed by atoms with van der Waals surface area (Å²) < 4.78 is 41.8. The van der Waals surface area contributed by atoms with Crippen LogP contribution in [0.2, 0.25) is 0 Å². The van der Waals surface area contributed by atoms with Crippen molar-refractivity contribution in [1.82, 2.24) is 14.5 Å². The van der Waals surface area contributed by atoms with Gasteiger partial charge in [0.05, 0.1) is 5.69 Å². The zero-order valence-corrected chi connectivity index (χ0v) is 21.9. The van der Waals surface area contributed by atoms with Crippen molar-refractivity contribution in [2.24, 2.45) is 0 Å². The van der Waals surface area contributed by atoms with E-state index < -0.39 is 34.5 Å². The molecule has 1 N–H and O–H groups in total. The van der Waals surface area contributed by atoms with Gasteiger partial charge >= 0.3 is 10.2 Å². The molecular formula is C26H35FN4O4S. The van der Waals surface area contributed by atoms with Crippen LogP contribution < -0.4 is 9.62 Å². The number of carbonyl (C=O) groups excluding carboxylic acids is 2. The Hall–Kier alpha value is -2.98. The summed E-state index contributed by atoms with van der Waals surface area (Å²) in [6.07, 6.45) is 5.03. The van der Waals surface area contributed by atoms with Gasteiger partial charge in [-0.05, 0) is 49.6 Å². The van der Waals surface area contributed by atoms with Gasteiger partial charge in [0.1, 0.15) is 18.4 Å². The second-order valence-corrected chi connectivity index (χ2v) is 11.4. The van der Waals surface area contributed by atoms with Crippen LogP contribution in [0.25, 0.3) is 0 Å². The number of hydrogen-bond donors (Lipinski definition) is 1. The molecule has 0 bridgehead atoms. The van der Waals surface area contributed by atoms with Crippen LogP contribution in [0.1, 0.15) is 44.6 Å². The summed E-state index contributed by atoms with van der Waals surface area (Å²) in [5, 5.41) is 3.05. The summed E-state index contributed by atoms with van der Waals surface area (Å²) >= 11 is 0. The van der Waals surface area contributed by atoms with E-state index >= 15 is 0 Å². The molecule has 1 unspecified atom stereocenters. The molecule has 1 fully saturated rings. The van der Waals surface area contributed by atoms with Gasteiger partial charge in [-0.15, -0.1) is 0 Å². The molecule has 2 aromatic rings. The van der Waals surface area contributed by atoms with Gasteiger partial charge in [0.15, 0.2) is 0 Å². The summed E-state index contributed by atoms with van der Waals surface area (Å²) in [7, 11) is -1.21. The van der Waals surface area contributed by atoms with Crippen molar-refractivity contribution >= 4 is 27.7 Å². The molecule has 0 heterocycles. The predicted molar refractivity (Wildman–Crippen MR) is 138 cm³/mol. The number of para-hydroxylation sites is 1. The van der Waals surface area contributed by atoms with Gasteiger partial charge in [0.2, 0.25) is 11.8 Å². The fourth-order valence-electron chi connectivity index (χ4n) is 4.25. The second-order valence-electron chi connectivity index (χ2n) is 9.30. The van der Waals surface area contributed by atoms with Crippen LogP contribution in [0.3, 0.4) is 0 Å². The Kier molecular flexibility index (Phi) is 9.44. The fourth-order valence-corrected chi connectivity index (χ4v) is 5.30. The number of nitrogens with zero attached hydrogens (tertiary/aromatic N) is 3. The summed E-state index contributed by atoms with van der Waals surface area (Å²) in [6, 6.07) is 13.2. The maximum Gasteiger partial charge on any atom is 0.304 e. The lowest BCUT2D eigenvalue weighted by molar-refractivity contribution is -0.139. The summed E-state index contributed by atoms with van der Waals surface area (Å²) in [6.45, 7) is 1.17. The maximum absolute atomic E-state index is 13.7. The standard InChI is InChI=1S/C26H35FN4O4S/c1-20(26(33)28-23-10-6-4-7-11-23)30(18-21-14-16-22(27)17-15-21)25(32)19-31(36(34,35)29(2)3)24-12-8-5-9-13-24/h5,8-9,12-17,20,23H,4,6-7,10-11,18-19H2,1-3H3,(H,28,33). The zero-order valence-electron chi connectivity index (χ0n) is 21.1. The molecule has 3 rings (SSSR count). The average Bonchev–Trinajstić information content (AvgIpc) is 2.87. The second kappa shape index (κ2) is 12.3. The highest BCUT2D eigenvalue weighted by Gasteiger charge is 2.33. The van der Waals surface area contributed by atoms with E-state index in [4.69, 9.17) is 0 Å². The largest absolute Gasteiger partial charge is 0.352 e. The minimum absolute atomic E-state index is 0.0308. The number of halogens is 1. The van der Waals surface area contributed by atoms with Crippen LogP contribution in [-0.4, -0.2) is 62.2 Å². The van der Waals surface area contributed by atoms with Gasteiger partial charge in [-0.25, -0.2) is 8.70 Å². The first-order valence-electron chi connectivity index (χ1n) is 12.2. The SMILES string of the molecule is CC(C(=O)NC1CCCCC1)N(Cc1ccc(F)cc1)C(=O)CN(c1ccccc1)S(=O)(=O)N(C)C. The van der Waals surface area contributed by atoms with Crippen LogP contribution >= 0.6 is 0 Å². The van der Waals surface area contributed by atoms with E-state index in [1.807, 2.05) is 0 Å². The van der Waals surface area contributed by atoms with Crippen molar-refractivity contribution in [3.8, 4) is 0 Å². The predicted octanol–water partition coefficient (Wildman–Crippen LogP) is 3.30. The highest BCUT2D eigenvalue weighted by atomic mass is 32.2. The minimum Gasteiger partial charge on any atom is -0.352 e. The average molecular weight is 519 g/mol. The van der Waals surface area contributed by atoms with E-state index in [0.717, 1.165) is 40.7 Å². The summed E-state index contributed by atoms with van der Waals surface area (Å²) in [5.41, 5.74) is 0.962. The first-order chi connectivity index (χ1) is 17.1. The van der Waals surface area contributed by atoms with E-state index in [0.29, 0.717) is 11.3 Å². The molecule has 1 aliphatic carbocycles. The Labute approximate surface area is 213 Å². The number of amides is 2. The summed E-state index contributed by atoms with van der Waals surface area (Å²) in [5.74, 6) is -1.24. The van der Waals surface area contributed by atoms with Crippen LogP contribution in [0.4, 0.5) is 10.1 Å².